The lowest BCUT2D eigenvalue weighted by Crippen LogP contribution is -2.30. The van der Waals surface area contributed by atoms with E-state index in [0.717, 1.165) is 16.5 Å². The van der Waals surface area contributed by atoms with Crippen molar-refractivity contribution >= 4 is 51.6 Å². The molecule has 1 aliphatic rings. The monoisotopic (exact) mass is 438 g/mol. The van der Waals surface area contributed by atoms with Gasteiger partial charge in [0.25, 0.3) is 0 Å². The summed E-state index contributed by atoms with van der Waals surface area (Å²) < 4.78 is 0. The summed E-state index contributed by atoms with van der Waals surface area (Å²) in [4.78, 5) is 41.1. The number of nitrogens with zero attached hydrogens (tertiary/aromatic N) is 1. The van der Waals surface area contributed by atoms with Gasteiger partial charge in [-0.3, -0.25) is 14.4 Å². The fourth-order valence-electron chi connectivity index (χ4n) is 3.86. The molecular formula is C23H23ClN4O3. The quantitative estimate of drug-likeness (QED) is 0.546. The molecule has 2 heterocycles. The molecule has 1 saturated heterocycles. The number of halogens is 1. The second-order valence-electron chi connectivity index (χ2n) is 7.74. The van der Waals surface area contributed by atoms with E-state index >= 15 is 0 Å². The fraction of sp³-hybridized carbons (Fsp3) is 0.261. The lowest BCUT2D eigenvalue weighted by atomic mass is 10.1. The van der Waals surface area contributed by atoms with E-state index in [1.807, 2.05) is 24.4 Å². The zero-order valence-electron chi connectivity index (χ0n) is 17.1. The van der Waals surface area contributed by atoms with Crippen molar-refractivity contribution < 1.29 is 14.4 Å². The third-order valence-corrected chi connectivity index (χ3v) is 5.67. The van der Waals surface area contributed by atoms with E-state index in [1.165, 1.54) is 6.92 Å². The van der Waals surface area contributed by atoms with E-state index in [1.54, 1.807) is 29.2 Å². The van der Waals surface area contributed by atoms with Crippen molar-refractivity contribution in [1.29, 1.82) is 0 Å². The van der Waals surface area contributed by atoms with Crippen molar-refractivity contribution in [2.75, 3.05) is 23.7 Å². The normalized spacial score (nSPS) is 16.0. The first kappa shape index (κ1) is 20.9. The van der Waals surface area contributed by atoms with Crippen LogP contribution in [0.5, 0.6) is 0 Å². The Balaban J connectivity index is 1.33. The number of hydrogen-bond acceptors (Lipinski definition) is 3. The number of fused-ring (bicyclic) bond motifs is 1. The average Bonchev–Trinajstić information content (AvgIpc) is 3.30. The first-order chi connectivity index (χ1) is 14.9. The summed E-state index contributed by atoms with van der Waals surface area (Å²) in [6.07, 6.45) is 2.83. The highest BCUT2D eigenvalue weighted by Gasteiger charge is 2.34. The number of nitrogens with one attached hydrogen (secondary N) is 3. The van der Waals surface area contributed by atoms with E-state index in [-0.39, 0.29) is 30.1 Å². The number of anilines is 2. The SMILES string of the molecule is CC(=O)Nc1ccc(NC(=O)C2CC(=O)N(CCc3c[nH]c4ccc(Cl)cc34)C2)cc1. The van der Waals surface area contributed by atoms with Crippen LogP contribution in [0.4, 0.5) is 11.4 Å². The Kier molecular flexibility index (Phi) is 5.95. The molecule has 4 rings (SSSR count). The topological polar surface area (TPSA) is 94.3 Å². The summed E-state index contributed by atoms with van der Waals surface area (Å²) in [5, 5.41) is 7.26. The predicted molar refractivity (Wildman–Crippen MR) is 121 cm³/mol. The van der Waals surface area contributed by atoms with Crippen LogP contribution in [0.25, 0.3) is 10.9 Å². The van der Waals surface area contributed by atoms with Gasteiger partial charge in [-0.05, 0) is 54.4 Å². The third-order valence-electron chi connectivity index (χ3n) is 5.44. The Labute approximate surface area is 184 Å². The van der Waals surface area contributed by atoms with Crippen LogP contribution in [0.15, 0.2) is 48.7 Å². The van der Waals surface area contributed by atoms with Gasteiger partial charge in [-0.2, -0.15) is 0 Å². The molecule has 0 spiro atoms. The molecule has 1 fully saturated rings. The Bertz CT molecular complexity index is 1140. The number of H-pyrrole nitrogens is 1. The van der Waals surface area contributed by atoms with Gasteiger partial charge >= 0.3 is 0 Å². The molecule has 1 unspecified atom stereocenters. The number of aromatic amines is 1. The molecule has 0 saturated carbocycles. The molecule has 8 heteroatoms. The number of amides is 3. The predicted octanol–water partition coefficient (Wildman–Crippen LogP) is 3.81. The van der Waals surface area contributed by atoms with Crippen molar-refractivity contribution in [3.8, 4) is 0 Å². The zero-order valence-corrected chi connectivity index (χ0v) is 17.8. The second-order valence-corrected chi connectivity index (χ2v) is 8.18. The number of benzene rings is 2. The lowest BCUT2D eigenvalue weighted by molar-refractivity contribution is -0.128. The van der Waals surface area contributed by atoms with Crippen molar-refractivity contribution in [2.24, 2.45) is 5.92 Å². The third kappa shape index (κ3) is 4.88. The Morgan fingerprint density at radius 1 is 1.13 bits per heavy atom. The molecule has 0 aliphatic carbocycles. The second kappa shape index (κ2) is 8.81. The maximum atomic E-state index is 12.6. The van der Waals surface area contributed by atoms with Gasteiger partial charge in [-0.1, -0.05) is 11.6 Å². The molecule has 1 aliphatic heterocycles. The molecule has 3 N–H and O–H groups in total. The molecule has 7 nitrogen and oxygen atoms in total. The molecule has 31 heavy (non-hydrogen) atoms. The number of carbonyl (C=O) groups excluding carboxylic acids is 3. The number of aromatic nitrogens is 1. The minimum atomic E-state index is -0.389. The summed E-state index contributed by atoms with van der Waals surface area (Å²) in [6.45, 7) is 2.39. The maximum absolute atomic E-state index is 12.6. The van der Waals surface area contributed by atoms with Crippen molar-refractivity contribution in [1.82, 2.24) is 9.88 Å². The van der Waals surface area contributed by atoms with Gasteiger partial charge in [0.1, 0.15) is 0 Å². The van der Waals surface area contributed by atoms with Gasteiger partial charge in [0.15, 0.2) is 0 Å². The lowest BCUT2D eigenvalue weighted by Gasteiger charge is -2.16. The van der Waals surface area contributed by atoms with Crippen LogP contribution in [-0.2, 0) is 20.8 Å². The van der Waals surface area contributed by atoms with Gasteiger partial charge in [-0.25, -0.2) is 0 Å². The van der Waals surface area contributed by atoms with Crippen LogP contribution >= 0.6 is 11.6 Å². The van der Waals surface area contributed by atoms with E-state index in [9.17, 15) is 14.4 Å². The van der Waals surface area contributed by atoms with Crippen LogP contribution in [-0.4, -0.2) is 40.7 Å². The Hall–Kier alpha value is -3.32. The van der Waals surface area contributed by atoms with Crippen LogP contribution < -0.4 is 10.6 Å². The molecule has 0 bridgehead atoms. The average molecular weight is 439 g/mol. The summed E-state index contributed by atoms with van der Waals surface area (Å²) >= 11 is 6.11. The van der Waals surface area contributed by atoms with Crippen LogP contribution in [0.2, 0.25) is 5.02 Å². The van der Waals surface area contributed by atoms with E-state index < -0.39 is 0 Å². The van der Waals surface area contributed by atoms with Crippen LogP contribution in [0.3, 0.4) is 0 Å². The first-order valence-electron chi connectivity index (χ1n) is 10.1. The van der Waals surface area contributed by atoms with Crippen molar-refractivity contribution in [3.05, 3.63) is 59.2 Å². The van der Waals surface area contributed by atoms with Gasteiger partial charge in [0.2, 0.25) is 17.7 Å². The largest absolute Gasteiger partial charge is 0.361 e. The molecule has 2 aromatic carbocycles. The van der Waals surface area contributed by atoms with E-state index in [2.05, 4.69) is 15.6 Å². The molecule has 3 aromatic rings. The van der Waals surface area contributed by atoms with Crippen LogP contribution in [0, 0.1) is 5.92 Å². The number of rotatable bonds is 6. The summed E-state index contributed by atoms with van der Waals surface area (Å²) in [5.41, 5.74) is 3.39. The van der Waals surface area contributed by atoms with Crippen LogP contribution in [0.1, 0.15) is 18.9 Å². The minimum absolute atomic E-state index is 0.0148. The zero-order chi connectivity index (χ0) is 22.0. The van der Waals surface area contributed by atoms with E-state index in [4.69, 9.17) is 11.6 Å². The highest BCUT2D eigenvalue weighted by molar-refractivity contribution is 6.31. The van der Waals surface area contributed by atoms with E-state index in [0.29, 0.717) is 35.9 Å². The number of carbonyl (C=O) groups is 3. The molecule has 3 amide bonds. The molecular weight excluding hydrogens is 416 g/mol. The van der Waals surface area contributed by atoms with Gasteiger partial charge in [0, 0.05) is 59.9 Å². The summed E-state index contributed by atoms with van der Waals surface area (Å²) in [5.74, 6) is -0.738. The fourth-order valence-corrected chi connectivity index (χ4v) is 4.03. The van der Waals surface area contributed by atoms with Gasteiger partial charge in [-0.15, -0.1) is 0 Å². The molecule has 1 aromatic heterocycles. The smallest absolute Gasteiger partial charge is 0.229 e. The van der Waals surface area contributed by atoms with Crippen molar-refractivity contribution in [2.45, 2.75) is 19.8 Å². The number of hydrogen-bond donors (Lipinski definition) is 3. The highest BCUT2D eigenvalue weighted by Crippen LogP contribution is 2.25. The Morgan fingerprint density at radius 2 is 1.84 bits per heavy atom. The number of likely N-dealkylation sites (tertiary alicyclic amines) is 1. The molecule has 0 radical (unpaired) electrons. The molecule has 160 valence electrons. The minimum Gasteiger partial charge on any atom is -0.361 e. The van der Waals surface area contributed by atoms with Crippen molar-refractivity contribution in [3.63, 3.8) is 0 Å². The van der Waals surface area contributed by atoms with Gasteiger partial charge < -0.3 is 20.5 Å². The summed E-state index contributed by atoms with van der Waals surface area (Å²) in [7, 11) is 0. The van der Waals surface area contributed by atoms with Gasteiger partial charge in [0.05, 0.1) is 5.92 Å². The highest BCUT2D eigenvalue weighted by atomic mass is 35.5. The molecule has 1 atom stereocenters. The first-order valence-corrected chi connectivity index (χ1v) is 10.5. The summed E-state index contributed by atoms with van der Waals surface area (Å²) in [6, 6.07) is 12.6. The maximum Gasteiger partial charge on any atom is 0.229 e. The Morgan fingerprint density at radius 3 is 2.55 bits per heavy atom. The standard InChI is InChI=1S/C23H23ClN4O3/c1-14(29)26-18-3-5-19(6-4-18)27-23(31)16-10-22(30)28(13-16)9-8-15-12-25-21-7-2-17(24)11-20(15)21/h2-7,11-12,16,25H,8-10,13H2,1H3,(H,26,29)(H,27,31).